The van der Waals surface area contributed by atoms with Crippen LogP contribution in [-0.4, -0.2) is 91.2 Å². The van der Waals surface area contributed by atoms with Crippen molar-refractivity contribution in [2.75, 3.05) is 31.5 Å². The number of H-pyrrole nitrogens is 1. The highest BCUT2D eigenvalue weighted by Crippen LogP contribution is 2.39. The van der Waals surface area contributed by atoms with Crippen molar-refractivity contribution in [2.24, 2.45) is 0 Å². The zero-order valence-corrected chi connectivity index (χ0v) is 20.2. The van der Waals surface area contributed by atoms with E-state index in [0.717, 1.165) is 4.90 Å². The fourth-order valence-electron chi connectivity index (χ4n) is 4.87. The molecule has 15 heteroatoms. The monoisotopic (exact) mass is 554 g/mol. The third-order valence-corrected chi connectivity index (χ3v) is 6.87. The minimum atomic E-state index is -4.79. The summed E-state index contributed by atoms with van der Waals surface area (Å²) in [5.41, 5.74) is -1.17. The van der Waals surface area contributed by atoms with Crippen molar-refractivity contribution >= 4 is 28.9 Å². The molecule has 0 radical (unpaired) electrons. The number of aromatic amines is 1. The predicted molar refractivity (Wildman–Crippen MR) is 127 cm³/mol. The zero-order chi connectivity index (χ0) is 28.1. The number of carboxylic acid groups (broad SMARTS) is 1. The fourth-order valence-corrected chi connectivity index (χ4v) is 4.87. The SMILES string of the molecule is O=C(O)N1CCC[C@H](Nc2ncc(C(F)(F)F)c(-c3c[nH]c4cc(C(=O)N5CC(O)C(F)(F)C5)ccc34)n2)C1. The van der Waals surface area contributed by atoms with Crippen LogP contribution in [0.15, 0.2) is 30.6 Å². The van der Waals surface area contributed by atoms with Crippen LogP contribution in [0.3, 0.4) is 0 Å². The lowest BCUT2D eigenvalue weighted by Crippen LogP contribution is -2.44. The number of nitrogens with zero attached hydrogens (tertiary/aromatic N) is 4. The van der Waals surface area contributed by atoms with Crippen LogP contribution in [-0.2, 0) is 6.18 Å². The Morgan fingerprint density at radius 2 is 1.95 bits per heavy atom. The summed E-state index contributed by atoms with van der Waals surface area (Å²) in [5, 5.41) is 21.9. The number of anilines is 1. The molecule has 2 atom stereocenters. The summed E-state index contributed by atoms with van der Waals surface area (Å²) < 4.78 is 69.1. The van der Waals surface area contributed by atoms with Gasteiger partial charge in [0.05, 0.1) is 18.8 Å². The van der Waals surface area contributed by atoms with E-state index >= 15 is 0 Å². The van der Waals surface area contributed by atoms with E-state index in [1.165, 1.54) is 29.3 Å². The number of hydrogen-bond acceptors (Lipinski definition) is 6. The summed E-state index contributed by atoms with van der Waals surface area (Å²) in [6.07, 6.45) is -4.78. The van der Waals surface area contributed by atoms with Gasteiger partial charge in [0.2, 0.25) is 5.95 Å². The van der Waals surface area contributed by atoms with Crippen LogP contribution in [0.5, 0.6) is 0 Å². The van der Waals surface area contributed by atoms with E-state index in [1.807, 2.05) is 0 Å². The molecule has 10 nitrogen and oxygen atoms in total. The lowest BCUT2D eigenvalue weighted by molar-refractivity contribution is -0.137. The number of hydrogen-bond donors (Lipinski definition) is 4. The normalized spacial score (nSPS) is 21.4. The Morgan fingerprint density at radius 1 is 1.18 bits per heavy atom. The van der Waals surface area contributed by atoms with Crippen molar-refractivity contribution in [3.05, 3.63) is 41.7 Å². The van der Waals surface area contributed by atoms with Crippen molar-refractivity contribution in [3.8, 4) is 11.3 Å². The number of amides is 2. The Labute approximate surface area is 217 Å². The number of alkyl halides is 5. The number of carbonyl (C=O) groups excluding carboxylic acids is 1. The van der Waals surface area contributed by atoms with Crippen molar-refractivity contribution in [3.63, 3.8) is 0 Å². The second-order valence-electron chi connectivity index (χ2n) is 9.59. The van der Waals surface area contributed by atoms with Crippen LogP contribution in [0.1, 0.15) is 28.8 Å². The fraction of sp³-hybridized carbons (Fsp3) is 0.417. The Balaban J connectivity index is 1.46. The van der Waals surface area contributed by atoms with E-state index in [2.05, 4.69) is 20.3 Å². The molecule has 39 heavy (non-hydrogen) atoms. The number of nitrogens with one attached hydrogen (secondary N) is 2. The molecule has 2 aromatic heterocycles. The molecular formula is C24H23F5N6O4. The molecule has 0 saturated carbocycles. The van der Waals surface area contributed by atoms with Gasteiger partial charge >= 0.3 is 12.3 Å². The van der Waals surface area contributed by atoms with Crippen LogP contribution in [0.25, 0.3) is 22.2 Å². The van der Waals surface area contributed by atoms with Crippen LogP contribution >= 0.6 is 0 Å². The third-order valence-electron chi connectivity index (χ3n) is 6.87. The van der Waals surface area contributed by atoms with E-state index in [-0.39, 0.29) is 29.1 Å². The smallest absolute Gasteiger partial charge is 0.419 e. The Kier molecular flexibility index (Phi) is 6.56. The maximum atomic E-state index is 13.9. The van der Waals surface area contributed by atoms with Gasteiger partial charge in [0, 0.05) is 53.6 Å². The summed E-state index contributed by atoms with van der Waals surface area (Å²) in [6, 6.07) is 3.63. The highest BCUT2D eigenvalue weighted by atomic mass is 19.4. The number of benzene rings is 1. The summed E-state index contributed by atoms with van der Waals surface area (Å²) in [4.78, 5) is 36.8. The van der Waals surface area contributed by atoms with Gasteiger partial charge in [0.25, 0.3) is 11.8 Å². The van der Waals surface area contributed by atoms with Gasteiger partial charge in [-0.15, -0.1) is 0 Å². The molecule has 2 amide bonds. The zero-order valence-electron chi connectivity index (χ0n) is 20.2. The largest absolute Gasteiger partial charge is 0.465 e. The van der Waals surface area contributed by atoms with Crippen LogP contribution in [0.2, 0.25) is 0 Å². The maximum absolute atomic E-state index is 13.9. The summed E-state index contributed by atoms with van der Waals surface area (Å²) >= 11 is 0. The second kappa shape index (κ2) is 9.63. The van der Waals surface area contributed by atoms with Gasteiger partial charge in [-0.25, -0.2) is 23.5 Å². The minimum absolute atomic E-state index is 0.0159. The molecule has 1 unspecified atom stereocenters. The van der Waals surface area contributed by atoms with E-state index < -0.39 is 60.6 Å². The summed E-state index contributed by atoms with van der Waals surface area (Å²) in [7, 11) is 0. The Bertz CT molecular complexity index is 1430. The number of fused-ring (bicyclic) bond motifs is 1. The lowest BCUT2D eigenvalue weighted by atomic mass is 10.0. The first-order chi connectivity index (χ1) is 18.3. The highest BCUT2D eigenvalue weighted by molar-refractivity contribution is 6.02. The average Bonchev–Trinajstić information content (AvgIpc) is 3.42. The molecule has 0 aliphatic carbocycles. The van der Waals surface area contributed by atoms with Crippen LogP contribution in [0, 0.1) is 0 Å². The molecule has 208 valence electrons. The highest BCUT2D eigenvalue weighted by Gasteiger charge is 2.49. The predicted octanol–water partition coefficient (Wildman–Crippen LogP) is 3.65. The quantitative estimate of drug-likeness (QED) is 0.362. The maximum Gasteiger partial charge on any atom is 0.419 e. The average molecular weight is 554 g/mol. The molecule has 2 saturated heterocycles. The first-order valence-electron chi connectivity index (χ1n) is 12.0. The van der Waals surface area contributed by atoms with Crippen LogP contribution in [0.4, 0.5) is 32.7 Å². The van der Waals surface area contributed by atoms with Gasteiger partial charge in [0.1, 0.15) is 11.7 Å². The number of carbonyl (C=O) groups is 2. The number of halogens is 5. The molecule has 2 aliphatic rings. The van der Waals surface area contributed by atoms with E-state index in [4.69, 9.17) is 0 Å². The van der Waals surface area contributed by atoms with E-state index in [1.54, 1.807) is 0 Å². The van der Waals surface area contributed by atoms with Crippen molar-refractivity contribution in [1.82, 2.24) is 24.8 Å². The molecule has 5 rings (SSSR count). The Hall–Kier alpha value is -4.01. The molecule has 4 heterocycles. The minimum Gasteiger partial charge on any atom is -0.465 e. The van der Waals surface area contributed by atoms with Gasteiger partial charge in [0.15, 0.2) is 0 Å². The Morgan fingerprint density at radius 3 is 2.62 bits per heavy atom. The van der Waals surface area contributed by atoms with Crippen molar-refractivity contribution in [2.45, 2.75) is 37.1 Å². The first-order valence-corrected chi connectivity index (χ1v) is 12.0. The standard InChI is InChI=1S/C24H23F5N6O4/c25-23(26)11-35(10-18(23)36)20(37)12-3-4-14-15(7-30-17(14)6-12)19-16(24(27,28)29)8-31-21(33-19)32-13-2-1-5-34(9-13)22(38)39/h3-4,6-8,13,18,30,36H,1-2,5,9-11H2,(H,38,39)(H,31,32,33)/t13-,18?/m0/s1. The summed E-state index contributed by atoms with van der Waals surface area (Å²) in [5.74, 6) is -4.29. The number of aliphatic hydroxyl groups is 1. The second-order valence-corrected chi connectivity index (χ2v) is 9.59. The van der Waals surface area contributed by atoms with Gasteiger partial charge < -0.3 is 30.3 Å². The number of aliphatic hydroxyl groups excluding tert-OH is 1. The van der Waals surface area contributed by atoms with Crippen molar-refractivity contribution in [1.29, 1.82) is 0 Å². The number of likely N-dealkylation sites (tertiary alicyclic amines) is 2. The molecular weight excluding hydrogens is 531 g/mol. The molecule has 3 aromatic rings. The summed E-state index contributed by atoms with van der Waals surface area (Å²) in [6.45, 7) is -1.01. The topological polar surface area (TPSA) is 135 Å². The number of aromatic nitrogens is 3. The first kappa shape index (κ1) is 26.6. The van der Waals surface area contributed by atoms with Gasteiger partial charge in [-0.1, -0.05) is 6.07 Å². The number of piperidine rings is 1. The van der Waals surface area contributed by atoms with E-state index in [0.29, 0.717) is 31.0 Å². The molecule has 0 spiro atoms. The number of β-amino-alcohol motifs (C(OH)–C–C–N with tert-alkyl or cyclic N) is 1. The van der Waals surface area contributed by atoms with Gasteiger partial charge in [-0.05, 0) is 25.0 Å². The molecule has 2 fully saturated rings. The third kappa shape index (κ3) is 5.17. The molecule has 2 aliphatic heterocycles. The molecule has 0 bridgehead atoms. The molecule has 4 N–H and O–H groups in total. The van der Waals surface area contributed by atoms with Crippen molar-refractivity contribution < 1.29 is 41.8 Å². The van der Waals surface area contributed by atoms with Crippen LogP contribution < -0.4 is 5.32 Å². The molecule has 1 aromatic carbocycles. The van der Waals surface area contributed by atoms with Gasteiger partial charge in [-0.3, -0.25) is 4.79 Å². The number of rotatable bonds is 4. The van der Waals surface area contributed by atoms with Gasteiger partial charge in [-0.2, -0.15) is 13.2 Å². The lowest BCUT2D eigenvalue weighted by Gasteiger charge is -2.31. The van der Waals surface area contributed by atoms with E-state index in [9.17, 15) is 41.8 Å².